The zero-order valence-corrected chi connectivity index (χ0v) is 10.0. The molecule has 5 nitrogen and oxygen atoms in total. The molecule has 0 bridgehead atoms. The lowest BCUT2D eigenvalue weighted by atomic mass is 10.0. The maximum atomic E-state index is 5.35. The van der Waals surface area contributed by atoms with Crippen LogP contribution in [0.1, 0.15) is 43.4 Å². The van der Waals surface area contributed by atoms with Gasteiger partial charge in [0.2, 0.25) is 5.89 Å². The SMILES string of the molecule is C1CCC(c2nc(CC3CCOC3)no2)NC1. The summed E-state index contributed by atoms with van der Waals surface area (Å²) in [7, 11) is 0. The van der Waals surface area contributed by atoms with E-state index in [-0.39, 0.29) is 6.04 Å². The number of nitrogens with zero attached hydrogens (tertiary/aromatic N) is 2. The predicted molar refractivity (Wildman–Crippen MR) is 61.5 cm³/mol. The lowest BCUT2D eigenvalue weighted by Crippen LogP contribution is -2.27. The maximum Gasteiger partial charge on any atom is 0.243 e. The standard InChI is InChI=1S/C12H19N3O2/c1-2-5-13-10(3-1)12-14-11(15-17-12)7-9-4-6-16-8-9/h9-10,13H,1-8H2. The monoisotopic (exact) mass is 237 g/mol. The van der Waals surface area contributed by atoms with Crippen molar-refractivity contribution in [1.82, 2.24) is 15.5 Å². The topological polar surface area (TPSA) is 60.2 Å². The van der Waals surface area contributed by atoms with Gasteiger partial charge in [-0.2, -0.15) is 4.98 Å². The number of piperidine rings is 1. The van der Waals surface area contributed by atoms with Crippen LogP contribution in [0.2, 0.25) is 0 Å². The highest BCUT2D eigenvalue weighted by molar-refractivity contribution is 4.95. The Bertz CT molecular complexity index is 354. The molecule has 3 rings (SSSR count). The van der Waals surface area contributed by atoms with Crippen LogP contribution in [0.15, 0.2) is 4.52 Å². The van der Waals surface area contributed by atoms with E-state index in [1.165, 1.54) is 12.8 Å². The molecular formula is C12H19N3O2. The van der Waals surface area contributed by atoms with E-state index < -0.39 is 0 Å². The van der Waals surface area contributed by atoms with Gasteiger partial charge < -0.3 is 14.6 Å². The third kappa shape index (κ3) is 2.66. The van der Waals surface area contributed by atoms with E-state index in [1.807, 2.05) is 0 Å². The molecule has 3 heterocycles. The summed E-state index contributed by atoms with van der Waals surface area (Å²) in [6, 6.07) is 0.268. The Labute approximate surface area is 101 Å². The van der Waals surface area contributed by atoms with Crippen molar-refractivity contribution in [3.63, 3.8) is 0 Å². The van der Waals surface area contributed by atoms with Crippen LogP contribution < -0.4 is 5.32 Å². The Morgan fingerprint density at radius 2 is 2.29 bits per heavy atom. The van der Waals surface area contributed by atoms with Crippen LogP contribution in [0.25, 0.3) is 0 Å². The second kappa shape index (κ2) is 5.14. The molecule has 94 valence electrons. The molecule has 17 heavy (non-hydrogen) atoms. The van der Waals surface area contributed by atoms with Gasteiger partial charge in [-0.05, 0) is 31.7 Å². The van der Waals surface area contributed by atoms with Gasteiger partial charge in [0.1, 0.15) is 0 Å². The van der Waals surface area contributed by atoms with Crippen molar-refractivity contribution in [2.75, 3.05) is 19.8 Å². The van der Waals surface area contributed by atoms with Gasteiger partial charge in [-0.15, -0.1) is 0 Å². The number of ether oxygens (including phenoxy) is 1. The van der Waals surface area contributed by atoms with E-state index in [2.05, 4.69) is 15.5 Å². The first-order chi connectivity index (χ1) is 8.42. The van der Waals surface area contributed by atoms with Gasteiger partial charge in [0, 0.05) is 19.6 Å². The lowest BCUT2D eigenvalue weighted by Gasteiger charge is -2.19. The van der Waals surface area contributed by atoms with E-state index >= 15 is 0 Å². The highest BCUT2D eigenvalue weighted by Gasteiger charge is 2.23. The molecule has 0 aromatic carbocycles. The predicted octanol–water partition coefficient (Wildman–Crippen LogP) is 1.46. The zero-order valence-electron chi connectivity index (χ0n) is 10.0. The molecule has 2 saturated heterocycles. The molecule has 1 N–H and O–H groups in total. The minimum Gasteiger partial charge on any atom is -0.381 e. The molecule has 2 unspecified atom stereocenters. The van der Waals surface area contributed by atoms with E-state index in [9.17, 15) is 0 Å². The molecule has 2 fully saturated rings. The first-order valence-corrected chi connectivity index (χ1v) is 6.55. The third-order valence-electron chi connectivity index (χ3n) is 3.59. The number of nitrogens with one attached hydrogen (secondary N) is 1. The summed E-state index contributed by atoms with van der Waals surface area (Å²) in [4.78, 5) is 4.50. The van der Waals surface area contributed by atoms with Crippen molar-refractivity contribution in [2.24, 2.45) is 5.92 Å². The fourth-order valence-electron chi connectivity index (χ4n) is 2.56. The van der Waals surface area contributed by atoms with E-state index in [0.717, 1.165) is 50.7 Å². The second-order valence-electron chi connectivity index (χ2n) is 4.99. The number of rotatable bonds is 3. The molecule has 1 aromatic rings. The first-order valence-electron chi connectivity index (χ1n) is 6.55. The van der Waals surface area contributed by atoms with Gasteiger partial charge in [-0.1, -0.05) is 11.6 Å². The Hall–Kier alpha value is -0.940. The molecule has 0 radical (unpaired) electrons. The summed E-state index contributed by atoms with van der Waals surface area (Å²) in [5.74, 6) is 2.17. The minimum atomic E-state index is 0.268. The second-order valence-corrected chi connectivity index (χ2v) is 4.99. The van der Waals surface area contributed by atoms with Crippen LogP contribution in [-0.2, 0) is 11.2 Å². The minimum absolute atomic E-state index is 0.268. The van der Waals surface area contributed by atoms with Crippen molar-refractivity contribution >= 4 is 0 Å². The largest absolute Gasteiger partial charge is 0.381 e. The summed E-state index contributed by atoms with van der Waals surface area (Å²) in [6.45, 7) is 2.77. The van der Waals surface area contributed by atoms with E-state index in [1.54, 1.807) is 0 Å². The summed E-state index contributed by atoms with van der Waals surface area (Å²) < 4.78 is 10.7. The van der Waals surface area contributed by atoms with Crippen LogP contribution in [0, 0.1) is 5.92 Å². The molecule has 2 aliphatic rings. The smallest absolute Gasteiger partial charge is 0.243 e. The van der Waals surface area contributed by atoms with Crippen LogP contribution in [0.3, 0.4) is 0 Å². The van der Waals surface area contributed by atoms with Gasteiger partial charge in [0.05, 0.1) is 6.04 Å². The molecule has 2 aliphatic heterocycles. The Morgan fingerprint density at radius 1 is 1.29 bits per heavy atom. The summed E-state index contributed by atoms with van der Waals surface area (Å²) in [6.07, 6.45) is 5.60. The molecule has 0 spiro atoms. The summed E-state index contributed by atoms with van der Waals surface area (Å²) >= 11 is 0. The van der Waals surface area contributed by atoms with Gasteiger partial charge in [-0.3, -0.25) is 0 Å². The average molecular weight is 237 g/mol. The van der Waals surface area contributed by atoms with Crippen LogP contribution >= 0.6 is 0 Å². The zero-order chi connectivity index (χ0) is 11.5. The summed E-state index contributed by atoms with van der Waals surface area (Å²) in [5, 5.41) is 7.49. The molecule has 2 atom stereocenters. The average Bonchev–Trinajstić information content (AvgIpc) is 3.02. The summed E-state index contributed by atoms with van der Waals surface area (Å²) in [5.41, 5.74) is 0. The normalized spacial score (nSPS) is 29.6. The quantitative estimate of drug-likeness (QED) is 0.862. The van der Waals surface area contributed by atoms with Gasteiger partial charge in [0.25, 0.3) is 0 Å². The molecule has 5 heteroatoms. The van der Waals surface area contributed by atoms with Crippen molar-refractivity contribution in [3.8, 4) is 0 Å². The Balaban J connectivity index is 1.60. The number of hydrogen-bond donors (Lipinski definition) is 1. The van der Waals surface area contributed by atoms with Crippen LogP contribution in [0.4, 0.5) is 0 Å². The molecule has 1 aromatic heterocycles. The van der Waals surface area contributed by atoms with Crippen LogP contribution in [0.5, 0.6) is 0 Å². The van der Waals surface area contributed by atoms with E-state index in [4.69, 9.17) is 9.26 Å². The Kier molecular flexibility index (Phi) is 3.38. The molecular weight excluding hydrogens is 218 g/mol. The molecule has 0 saturated carbocycles. The van der Waals surface area contributed by atoms with Crippen molar-refractivity contribution in [1.29, 1.82) is 0 Å². The fraction of sp³-hybridized carbons (Fsp3) is 0.833. The Morgan fingerprint density at radius 3 is 3.06 bits per heavy atom. The molecule has 0 amide bonds. The van der Waals surface area contributed by atoms with Crippen LogP contribution in [-0.4, -0.2) is 29.9 Å². The third-order valence-corrected chi connectivity index (χ3v) is 3.59. The first kappa shape index (κ1) is 11.2. The molecule has 0 aliphatic carbocycles. The highest BCUT2D eigenvalue weighted by atomic mass is 16.5. The highest BCUT2D eigenvalue weighted by Crippen LogP contribution is 2.22. The maximum absolute atomic E-state index is 5.35. The van der Waals surface area contributed by atoms with Gasteiger partial charge in [-0.25, -0.2) is 0 Å². The van der Waals surface area contributed by atoms with Crippen molar-refractivity contribution in [3.05, 3.63) is 11.7 Å². The fourth-order valence-corrected chi connectivity index (χ4v) is 2.56. The number of hydrogen-bond acceptors (Lipinski definition) is 5. The van der Waals surface area contributed by atoms with E-state index in [0.29, 0.717) is 5.92 Å². The van der Waals surface area contributed by atoms with Crippen molar-refractivity contribution < 1.29 is 9.26 Å². The lowest BCUT2D eigenvalue weighted by molar-refractivity contribution is 0.185. The van der Waals surface area contributed by atoms with Crippen molar-refractivity contribution in [2.45, 2.75) is 38.1 Å². The van der Waals surface area contributed by atoms with Gasteiger partial charge >= 0.3 is 0 Å². The van der Waals surface area contributed by atoms with Gasteiger partial charge in [0.15, 0.2) is 5.82 Å². The number of aromatic nitrogens is 2.